The molecule has 1 amide bonds. The Kier molecular flexibility index (Phi) is 6.44. The molecule has 0 spiro atoms. The van der Waals surface area contributed by atoms with Crippen LogP contribution in [0.5, 0.6) is 0 Å². The van der Waals surface area contributed by atoms with Gasteiger partial charge in [-0.05, 0) is 55.3 Å². The third kappa shape index (κ3) is 4.54. The smallest absolute Gasteiger partial charge is 0.435 e. The summed E-state index contributed by atoms with van der Waals surface area (Å²) in [5, 5.41) is 15.0. The number of alkyl halides is 3. The number of rotatable bonds is 5. The van der Waals surface area contributed by atoms with Crippen LogP contribution < -0.4 is 5.32 Å². The van der Waals surface area contributed by atoms with Crippen molar-refractivity contribution in [1.29, 1.82) is 0 Å². The van der Waals surface area contributed by atoms with Crippen molar-refractivity contribution in [2.75, 3.05) is 0 Å². The molecule has 0 fully saturated rings. The molecule has 2 atom stereocenters. The molecular formula is C21H17Cl2F3N2O4. The van der Waals surface area contributed by atoms with Gasteiger partial charge in [0.25, 0.3) is 11.5 Å². The Morgan fingerprint density at radius 3 is 2.34 bits per heavy atom. The highest BCUT2D eigenvalue weighted by atomic mass is 35.5. The average molecular weight is 489 g/mol. The number of hydrogen-bond donors (Lipinski definition) is 2. The lowest BCUT2D eigenvalue weighted by Crippen LogP contribution is -2.42. The fourth-order valence-corrected chi connectivity index (χ4v) is 3.81. The van der Waals surface area contributed by atoms with E-state index >= 15 is 0 Å². The molecule has 1 heterocycles. The molecule has 1 aliphatic heterocycles. The van der Waals surface area contributed by atoms with Crippen LogP contribution in [-0.2, 0) is 15.2 Å². The van der Waals surface area contributed by atoms with Crippen LogP contribution in [0.25, 0.3) is 0 Å². The number of hydrogen-bond acceptors (Lipinski definition) is 4. The van der Waals surface area contributed by atoms with E-state index in [1.165, 1.54) is 31.2 Å². The van der Waals surface area contributed by atoms with E-state index in [1.54, 1.807) is 6.92 Å². The molecule has 1 aliphatic rings. The molecule has 0 aliphatic carbocycles. The fraction of sp³-hybridized carbons (Fsp3) is 0.286. The van der Waals surface area contributed by atoms with E-state index in [-0.39, 0.29) is 26.9 Å². The number of carbonyl (C=O) groups excluding carboxylic acids is 1. The van der Waals surface area contributed by atoms with Gasteiger partial charge in [0, 0.05) is 27.6 Å². The van der Waals surface area contributed by atoms with Gasteiger partial charge < -0.3 is 15.3 Å². The first-order valence-electron chi connectivity index (χ1n) is 9.27. The zero-order chi connectivity index (χ0) is 23.8. The molecule has 0 radical (unpaired) electrons. The number of oxime groups is 1. The zero-order valence-electron chi connectivity index (χ0n) is 16.8. The summed E-state index contributed by atoms with van der Waals surface area (Å²) < 4.78 is 42.3. The van der Waals surface area contributed by atoms with E-state index in [0.717, 1.165) is 12.1 Å². The van der Waals surface area contributed by atoms with Crippen LogP contribution >= 0.6 is 23.2 Å². The number of carboxylic acids is 1. The summed E-state index contributed by atoms with van der Waals surface area (Å²) in [5.74, 6) is -1.82. The minimum Gasteiger partial charge on any atom is -0.480 e. The maximum atomic E-state index is 14.1. The van der Waals surface area contributed by atoms with Crippen molar-refractivity contribution in [3.8, 4) is 0 Å². The van der Waals surface area contributed by atoms with Crippen LogP contribution in [0, 0.1) is 6.92 Å². The van der Waals surface area contributed by atoms with Crippen molar-refractivity contribution in [3.63, 3.8) is 0 Å². The molecule has 0 saturated carbocycles. The number of carbonyl (C=O) groups is 2. The summed E-state index contributed by atoms with van der Waals surface area (Å²) in [6.45, 7) is 2.89. The molecule has 0 aromatic heterocycles. The van der Waals surface area contributed by atoms with Gasteiger partial charge in [0.1, 0.15) is 6.04 Å². The summed E-state index contributed by atoms with van der Waals surface area (Å²) in [7, 11) is 0. The summed E-state index contributed by atoms with van der Waals surface area (Å²) in [6.07, 6.45) is -5.46. The van der Waals surface area contributed by atoms with Crippen LogP contribution in [0.3, 0.4) is 0 Å². The molecule has 6 nitrogen and oxygen atoms in total. The van der Waals surface area contributed by atoms with Gasteiger partial charge in [-0.25, -0.2) is 0 Å². The van der Waals surface area contributed by atoms with Gasteiger partial charge in [0.2, 0.25) is 0 Å². The van der Waals surface area contributed by atoms with Gasteiger partial charge in [-0.15, -0.1) is 0 Å². The summed E-state index contributed by atoms with van der Waals surface area (Å²) >= 11 is 11.8. The number of benzene rings is 2. The number of amides is 1. The first kappa shape index (κ1) is 23.9. The van der Waals surface area contributed by atoms with Gasteiger partial charge in [-0.2, -0.15) is 13.2 Å². The first-order chi connectivity index (χ1) is 14.8. The second-order valence-corrected chi connectivity index (χ2v) is 8.22. The van der Waals surface area contributed by atoms with Crippen molar-refractivity contribution < 1.29 is 32.7 Å². The van der Waals surface area contributed by atoms with E-state index in [0.29, 0.717) is 11.1 Å². The Morgan fingerprint density at radius 1 is 1.19 bits per heavy atom. The van der Waals surface area contributed by atoms with Crippen molar-refractivity contribution in [2.45, 2.75) is 38.1 Å². The largest absolute Gasteiger partial charge is 0.480 e. The minimum absolute atomic E-state index is 0.0207. The highest BCUT2D eigenvalue weighted by molar-refractivity contribution is 6.34. The summed E-state index contributed by atoms with van der Waals surface area (Å²) in [6, 6.07) is 6.76. The fourth-order valence-electron chi connectivity index (χ4n) is 3.28. The Labute approximate surface area is 191 Å². The predicted octanol–water partition coefficient (Wildman–Crippen LogP) is 5.09. The zero-order valence-corrected chi connectivity index (χ0v) is 18.3. The van der Waals surface area contributed by atoms with E-state index in [4.69, 9.17) is 33.1 Å². The van der Waals surface area contributed by atoms with Crippen molar-refractivity contribution in [2.24, 2.45) is 5.16 Å². The van der Waals surface area contributed by atoms with Crippen molar-refractivity contribution >= 4 is 40.8 Å². The normalized spacial score (nSPS) is 19.2. The highest BCUT2D eigenvalue weighted by Gasteiger charge is 2.62. The lowest BCUT2D eigenvalue weighted by atomic mass is 9.86. The van der Waals surface area contributed by atoms with Gasteiger partial charge in [-0.1, -0.05) is 34.4 Å². The maximum absolute atomic E-state index is 14.1. The third-order valence-electron chi connectivity index (χ3n) is 5.04. The molecule has 1 unspecified atom stereocenters. The number of aryl methyl sites for hydroxylation is 1. The minimum atomic E-state index is -4.83. The van der Waals surface area contributed by atoms with Crippen LogP contribution in [0.2, 0.25) is 10.0 Å². The maximum Gasteiger partial charge on any atom is 0.435 e. The molecule has 0 bridgehead atoms. The Morgan fingerprint density at radius 2 is 1.81 bits per heavy atom. The quantitative estimate of drug-likeness (QED) is 0.613. The standard InChI is InChI=1S/C21H17Cl2F3N2O4/c1-10-5-12(3-4-16(10)18(29)27-11(2)19(30)31)17-9-20(32-28-17,21(24,25)26)13-6-14(22)8-15(23)7-13/h3-8,11H,9H2,1-2H3,(H,27,29)(H,30,31)/t11-,20?/m0/s1. The number of halogens is 5. The number of nitrogens with zero attached hydrogens (tertiary/aromatic N) is 1. The SMILES string of the molecule is Cc1cc(C2=NOC(c3cc(Cl)cc(Cl)c3)(C(F)(F)F)C2)ccc1C(=O)N[C@@H](C)C(=O)O. The van der Waals surface area contributed by atoms with E-state index in [2.05, 4.69) is 10.5 Å². The van der Waals surface area contributed by atoms with Gasteiger partial charge in [0.15, 0.2) is 0 Å². The summed E-state index contributed by atoms with van der Waals surface area (Å²) in [5.41, 5.74) is -2.09. The Bertz CT molecular complexity index is 1100. The van der Waals surface area contributed by atoms with E-state index in [1.807, 2.05) is 0 Å². The van der Waals surface area contributed by atoms with Gasteiger partial charge in [-0.3, -0.25) is 9.59 Å². The molecule has 2 aromatic carbocycles. The van der Waals surface area contributed by atoms with E-state index in [9.17, 15) is 22.8 Å². The molecule has 2 aromatic rings. The topological polar surface area (TPSA) is 88.0 Å². The second kappa shape index (κ2) is 8.63. The van der Waals surface area contributed by atoms with E-state index < -0.39 is 36.1 Å². The summed E-state index contributed by atoms with van der Waals surface area (Å²) in [4.78, 5) is 28.2. The molecule has 11 heteroatoms. The van der Waals surface area contributed by atoms with Crippen LogP contribution in [0.1, 0.15) is 40.4 Å². The predicted molar refractivity (Wildman–Crippen MR) is 112 cm³/mol. The van der Waals surface area contributed by atoms with Gasteiger partial charge in [0.05, 0.1) is 5.71 Å². The third-order valence-corrected chi connectivity index (χ3v) is 5.47. The monoisotopic (exact) mass is 488 g/mol. The Hall–Kier alpha value is -2.78. The number of carboxylic acid groups (broad SMARTS) is 1. The highest BCUT2D eigenvalue weighted by Crippen LogP contribution is 2.49. The van der Waals surface area contributed by atoms with Crippen molar-refractivity contribution in [3.05, 3.63) is 68.7 Å². The van der Waals surface area contributed by atoms with Gasteiger partial charge >= 0.3 is 12.1 Å². The Balaban J connectivity index is 1.91. The molecule has 0 saturated heterocycles. The molecule has 3 rings (SSSR count). The van der Waals surface area contributed by atoms with Crippen LogP contribution in [0.15, 0.2) is 41.6 Å². The second-order valence-electron chi connectivity index (χ2n) is 7.35. The van der Waals surface area contributed by atoms with Crippen LogP contribution in [-0.4, -0.2) is 34.9 Å². The average Bonchev–Trinajstić information content (AvgIpc) is 3.13. The molecule has 170 valence electrons. The number of nitrogens with one attached hydrogen (secondary N) is 1. The molecular weight excluding hydrogens is 472 g/mol. The lowest BCUT2D eigenvalue weighted by molar-refractivity contribution is -0.275. The van der Waals surface area contributed by atoms with Crippen molar-refractivity contribution in [1.82, 2.24) is 5.32 Å². The molecule has 32 heavy (non-hydrogen) atoms. The number of aliphatic carboxylic acids is 1. The lowest BCUT2D eigenvalue weighted by Gasteiger charge is -2.29. The van der Waals surface area contributed by atoms with Crippen LogP contribution in [0.4, 0.5) is 13.2 Å². The first-order valence-corrected chi connectivity index (χ1v) is 10.0. The molecule has 2 N–H and O–H groups in total.